The molecule has 0 aliphatic carbocycles. The summed E-state index contributed by atoms with van der Waals surface area (Å²) in [4.78, 5) is 11.5. The highest BCUT2D eigenvalue weighted by atomic mass is 19.1. The molecule has 1 aromatic heterocycles. The predicted molar refractivity (Wildman–Crippen MR) is 113 cm³/mol. The molecule has 0 aliphatic rings. The lowest BCUT2D eigenvalue weighted by Crippen LogP contribution is -2.27. The van der Waals surface area contributed by atoms with E-state index in [-0.39, 0.29) is 24.8 Å². The van der Waals surface area contributed by atoms with Gasteiger partial charge in [-0.3, -0.25) is 4.79 Å². The van der Waals surface area contributed by atoms with Gasteiger partial charge in [0.1, 0.15) is 23.9 Å². The Kier molecular flexibility index (Phi) is 6.78. The van der Waals surface area contributed by atoms with E-state index in [0.29, 0.717) is 28.2 Å². The minimum absolute atomic E-state index is 0.0599. The van der Waals surface area contributed by atoms with Crippen molar-refractivity contribution in [3.8, 4) is 22.6 Å². The first-order valence-corrected chi connectivity index (χ1v) is 9.91. The van der Waals surface area contributed by atoms with Gasteiger partial charge in [0.25, 0.3) is 0 Å². The lowest BCUT2D eigenvalue weighted by molar-refractivity contribution is -0.137. The molecule has 32 heavy (non-hydrogen) atoms. The Morgan fingerprint density at radius 3 is 2.56 bits per heavy atom. The predicted octanol–water partition coefficient (Wildman–Crippen LogP) is 3.95. The van der Waals surface area contributed by atoms with Crippen LogP contribution in [0.2, 0.25) is 0 Å². The Labute approximate surface area is 184 Å². The topological polar surface area (TPSA) is 115 Å². The molecule has 0 amide bonds. The number of rotatable bonds is 9. The molecule has 2 N–H and O–H groups in total. The Balaban J connectivity index is 2.06. The van der Waals surface area contributed by atoms with Gasteiger partial charge in [0.15, 0.2) is 0 Å². The van der Waals surface area contributed by atoms with Gasteiger partial charge in [-0.25, -0.2) is 4.39 Å². The number of benzene rings is 2. The van der Waals surface area contributed by atoms with Crippen LogP contribution in [0.15, 0.2) is 40.8 Å². The van der Waals surface area contributed by atoms with Crippen LogP contribution in [0.25, 0.3) is 11.1 Å². The molecule has 9 heteroatoms. The molecule has 0 radical (unpaired) electrons. The number of aliphatic hydroxyl groups is 1. The van der Waals surface area contributed by atoms with Crippen LogP contribution in [0.3, 0.4) is 0 Å². The third-order valence-electron chi connectivity index (χ3n) is 4.61. The van der Waals surface area contributed by atoms with E-state index >= 15 is 0 Å². The number of methoxy groups -OCH3 is 1. The number of ether oxygens (including phenoxy) is 2. The number of hydrogen-bond acceptors (Lipinski definition) is 7. The highest BCUT2D eigenvalue weighted by Gasteiger charge is 2.25. The highest BCUT2D eigenvalue weighted by Crippen LogP contribution is 2.37. The molecule has 3 aromatic rings. The summed E-state index contributed by atoms with van der Waals surface area (Å²) < 4.78 is 31.2. The van der Waals surface area contributed by atoms with E-state index in [4.69, 9.17) is 13.9 Å². The third kappa shape index (κ3) is 5.82. The van der Waals surface area contributed by atoms with Crippen molar-refractivity contribution in [1.82, 2.24) is 10.2 Å². The molecule has 1 heterocycles. The summed E-state index contributed by atoms with van der Waals surface area (Å²) in [6.45, 7) is 4.90. The maximum Gasteiger partial charge on any atom is 0.304 e. The van der Waals surface area contributed by atoms with Crippen LogP contribution in [0.4, 0.5) is 4.39 Å². The Morgan fingerprint density at radius 1 is 1.22 bits per heavy atom. The molecule has 3 rings (SSSR count). The maximum atomic E-state index is 14.7. The van der Waals surface area contributed by atoms with Crippen LogP contribution in [0, 0.1) is 12.7 Å². The second-order valence-electron chi connectivity index (χ2n) is 8.05. The van der Waals surface area contributed by atoms with Crippen molar-refractivity contribution in [2.24, 2.45) is 0 Å². The number of nitrogens with zero attached hydrogens (tertiary/aromatic N) is 2. The summed E-state index contributed by atoms with van der Waals surface area (Å²) >= 11 is 0. The Morgan fingerprint density at radius 2 is 1.97 bits per heavy atom. The monoisotopic (exact) mass is 444 g/mol. The van der Waals surface area contributed by atoms with Crippen molar-refractivity contribution in [1.29, 1.82) is 0 Å². The molecular formula is C23H25FN2O6. The fourth-order valence-corrected chi connectivity index (χ4v) is 3.21. The third-order valence-corrected chi connectivity index (χ3v) is 4.61. The van der Waals surface area contributed by atoms with Gasteiger partial charge >= 0.3 is 5.97 Å². The molecule has 0 saturated heterocycles. The average molecular weight is 444 g/mol. The van der Waals surface area contributed by atoms with Gasteiger partial charge in [-0.1, -0.05) is 0 Å². The molecular weight excluding hydrogens is 419 g/mol. The lowest BCUT2D eigenvalue weighted by atomic mass is 9.92. The summed E-state index contributed by atoms with van der Waals surface area (Å²) in [6.07, 6.45) is -0.351. The number of carboxylic acid groups (broad SMARTS) is 1. The van der Waals surface area contributed by atoms with Crippen LogP contribution in [-0.4, -0.2) is 45.7 Å². The van der Waals surface area contributed by atoms with E-state index in [1.807, 2.05) is 0 Å². The van der Waals surface area contributed by atoms with E-state index in [9.17, 15) is 19.4 Å². The van der Waals surface area contributed by atoms with Crippen molar-refractivity contribution in [2.75, 3.05) is 13.7 Å². The second kappa shape index (κ2) is 9.35. The quantitative estimate of drug-likeness (QED) is 0.510. The number of aryl methyl sites for hydroxylation is 1. The van der Waals surface area contributed by atoms with Crippen LogP contribution in [0.1, 0.15) is 43.5 Å². The Hall–Kier alpha value is -3.46. The van der Waals surface area contributed by atoms with Gasteiger partial charge in [0.2, 0.25) is 11.8 Å². The standard InChI is InChI=1S/C23H25FN2O6/c1-13-25-26-22(32-13)19(11-21(27)28)15-7-14(8-16(24)9-15)18-10-17(5-6-20(18)30-4)31-12-23(2,3)29/h5-10,19,29H,11-12H2,1-4H3,(H,27,28). The summed E-state index contributed by atoms with van der Waals surface area (Å²) in [5.74, 6) is -1.17. The minimum Gasteiger partial charge on any atom is -0.496 e. The maximum absolute atomic E-state index is 14.7. The van der Waals surface area contributed by atoms with E-state index < -0.39 is 23.3 Å². The first-order chi connectivity index (χ1) is 15.1. The molecule has 0 saturated carbocycles. The fraction of sp³-hybridized carbons (Fsp3) is 0.348. The van der Waals surface area contributed by atoms with E-state index in [1.165, 1.54) is 19.2 Å². The zero-order valence-electron chi connectivity index (χ0n) is 18.3. The number of aromatic nitrogens is 2. The van der Waals surface area contributed by atoms with E-state index in [2.05, 4.69) is 10.2 Å². The van der Waals surface area contributed by atoms with Crippen molar-refractivity contribution < 1.29 is 33.3 Å². The molecule has 0 bridgehead atoms. The molecule has 1 atom stereocenters. The van der Waals surface area contributed by atoms with Crippen molar-refractivity contribution in [3.63, 3.8) is 0 Å². The van der Waals surface area contributed by atoms with Gasteiger partial charge in [-0.05, 0) is 61.4 Å². The zero-order chi connectivity index (χ0) is 23.5. The molecule has 0 aliphatic heterocycles. The van der Waals surface area contributed by atoms with Crippen LogP contribution in [-0.2, 0) is 4.79 Å². The molecule has 170 valence electrons. The van der Waals surface area contributed by atoms with Gasteiger partial charge in [0.05, 0.1) is 25.0 Å². The summed E-state index contributed by atoms with van der Waals surface area (Å²) in [7, 11) is 1.49. The normalized spacial score (nSPS) is 12.4. The number of aliphatic carboxylic acids is 1. The number of carboxylic acids is 1. The fourth-order valence-electron chi connectivity index (χ4n) is 3.21. The van der Waals surface area contributed by atoms with Crippen molar-refractivity contribution in [3.05, 3.63) is 59.6 Å². The molecule has 0 spiro atoms. The summed E-state index contributed by atoms with van der Waals surface area (Å²) in [5, 5.41) is 27.0. The van der Waals surface area contributed by atoms with Gasteiger partial charge in [-0.15, -0.1) is 10.2 Å². The Bertz CT molecular complexity index is 1110. The number of hydrogen-bond donors (Lipinski definition) is 2. The SMILES string of the molecule is COc1ccc(OCC(C)(C)O)cc1-c1cc(F)cc(C(CC(=O)O)c2nnc(C)o2)c1. The second-order valence-corrected chi connectivity index (χ2v) is 8.05. The lowest BCUT2D eigenvalue weighted by Gasteiger charge is -2.19. The highest BCUT2D eigenvalue weighted by molar-refractivity contribution is 5.74. The van der Waals surface area contributed by atoms with Crippen LogP contribution >= 0.6 is 0 Å². The first-order valence-electron chi connectivity index (χ1n) is 9.91. The zero-order valence-corrected chi connectivity index (χ0v) is 18.3. The van der Waals surface area contributed by atoms with Crippen molar-refractivity contribution in [2.45, 2.75) is 38.7 Å². The van der Waals surface area contributed by atoms with Gasteiger partial charge in [-0.2, -0.15) is 0 Å². The van der Waals surface area contributed by atoms with Gasteiger partial charge < -0.3 is 24.1 Å². The van der Waals surface area contributed by atoms with Crippen molar-refractivity contribution >= 4 is 5.97 Å². The summed E-state index contributed by atoms with van der Waals surface area (Å²) in [6, 6.07) is 9.26. The number of halogens is 1. The van der Waals surface area contributed by atoms with Gasteiger partial charge in [0, 0.05) is 12.5 Å². The molecule has 1 unspecified atom stereocenters. The minimum atomic E-state index is -1.09. The smallest absolute Gasteiger partial charge is 0.304 e. The first kappa shape index (κ1) is 23.2. The van der Waals surface area contributed by atoms with Crippen LogP contribution in [0.5, 0.6) is 11.5 Å². The largest absolute Gasteiger partial charge is 0.496 e. The van der Waals surface area contributed by atoms with E-state index in [0.717, 1.165) is 0 Å². The molecule has 2 aromatic carbocycles. The molecule has 0 fully saturated rings. The average Bonchev–Trinajstić information content (AvgIpc) is 3.15. The van der Waals surface area contributed by atoms with E-state index in [1.54, 1.807) is 45.0 Å². The summed E-state index contributed by atoms with van der Waals surface area (Å²) in [5.41, 5.74) is 0.337. The number of carbonyl (C=O) groups is 1. The van der Waals surface area contributed by atoms with Crippen LogP contribution < -0.4 is 9.47 Å². The molecule has 8 nitrogen and oxygen atoms in total.